The van der Waals surface area contributed by atoms with E-state index in [-0.39, 0.29) is 38.4 Å². The molecule has 0 saturated carbocycles. The van der Waals surface area contributed by atoms with E-state index in [2.05, 4.69) is 0 Å². The molecule has 0 unspecified atom stereocenters. The molecule has 0 spiro atoms. The number of benzene rings is 4. The summed E-state index contributed by atoms with van der Waals surface area (Å²) in [4.78, 5) is 26.0. The van der Waals surface area contributed by atoms with E-state index in [1.165, 1.54) is 18.7 Å². The van der Waals surface area contributed by atoms with Gasteiger partial charge in [-0.2, -0.15) is 0 Å². The van der Waals surface area contributed by atoms with Gasteiger partial charge in [0.2, 0.25) is 0 Å². The highest BCUT2D eigenvalue weighted by Gasteiger charge is 2.50. The average Bonchev–Trinajstić information content (AvgIpc) is 3.12. The Balaban J connectivity index is 1.48. The molecule has 1 aliphatic rings. The maximum Gasteiger partial charge on any atom is 0.306 e. The fourth-order valence-corrected chi connectivity index (χ4v) is 6.52. The van der Waals surface area contributed by atoms with Gasteiger partial charge in [0.15, 0.2) is 6.10 Å². The van der Waals surface area contributed by atoms with E-state index in [0.29, 0.717) is 6.61 Å². The summed E-state index contributed by atoms with van der Waals surface area (Å²) in [5.74, 6) is 0.146. The van der Waals surface area contributed by atoms with Crippen LogP contribution in [0.5, 0.6) is 5.75 Å². The van der Waals surface area contributed by atoms with Gasteiger partial charge in [-0.3, -0.25) is 4.79 Å². The van der Waals surface area contributed by atoms with Gasteiger partial charge in [0, 0.05) is 11.3 Å². The highest BCUT2D eigenvalue weighted by Crippen LogP contribution is 2.38. The Morgan fingerprint density at radius 2 is 1.29 bits per heavy atom. The third-order valence-electron chi connectivity index (χ3n) is 8.09. The van der Waals surface area contributed by atoms with Gasteiger partial charge in [-0.05, 0) is 54.8 Å². The van der Waals surface area contributed by atoms with Crippen LogP contribution in [0.2, 0.25) is 0 Å². The summed E-state index contributed by atoms with van der Waals surface area (Å²) in [7, 11) is 1.62. The number of methoxy groups -OCH3 is 1. The third kappa shape index (κ3) is 11.3. The van der Waals surface area contributed by atoms with E-state index in [1.54, 1.807) is 7.11 Å². The highest BCUT2D eigenvalue weighted by molar-refractivity contribution is 7.99. The first-order valence-corrected chi connectivity index (χ1v) is 17.4. The molecule has 49 heavy (non-hydrogen) atoms. The predicted octanol–water partition coefficient (Wildman–Crippen LogP) is 7.49. The number of carbonyl (C=O) groups excluding carboxylic acids is 2. The summed E-state index contributed by atoms with van der Waals surface area (Å²) in [6.07, 6.45) is -2.80. The number of thioether (sulfide) groups is 1. The molecular formula is C40H44O8S. The Labute approximate surface area is 293 Å². The van der Waals surface area contributed by atoms with E-state index < -0.39 is 35.8 Å². The van der Waals surface area contributed by atoms with Crippen LogP contribution in [0.1, 0.15) is 42.0 Å². The lowest BCUT2D eigenvalue weighted by molar-refractivity contribution is -0.249. The minimum Gasteiger partial charge on any atom is -0.497 e. The van der Waals surface area contributed by atoms with Gasteiger partial charge in [0.25, 0.3) is 0 Å². The Hall–Kier alpha value is -3.99. The van der Waals surface area contributed by atoms with Crippen LogP contribution in [0, 0.1) is 6.92 Å². The molecule has 1 heterocycles. The van der Waals surface area contributed by atoms with Gasteiger partial charge in [-0.15, -0.1) is 0 Å². The van der Waals surface area contributed by atoms with Crippen molar-refractivity contribution in [1.82, 2.24) is 0 Å². The first-order chi connectivity index (χ1) is 23.9. The van der Waals surface area contributed by atoms with Crippen LogP contribution in [0.25, 0.3) is 0 Å². The molecule has 0 bridgehead atoms. The number of hydrogen-bond acceptors (Lipinski definition) is 9. The third-order valence-corrected chi connectivity index (χ3v) is 9.25. The average molecular weight is 685 g/mol. The normalized spacial score (nSPS) is 20.4. The molecule has 1 saturated heterocycles. The van der Waals surface area contributed by atoms with E-state index in [1.807, 2.05) is 116 Å². The van der Waals surface area contributed by atoms with Gasteiger partial charge in [-0.1, -0.05) is 102 Å². The number of esters is 1. The molecule has 0 N–H and O–H groups in total. The second-order valence-corrected chi connectivity index (χ2v) is 13.2. The Morgan fingerprint density at radius 1 is 0.694 bits per heavy atom. The number of ether oxygens (including phenoxy) is 6. The molecule has 4 aromatic carbocycles. The number of aryl methyl sites for hydroxylation is 1. The van der Waals surface area contributed by atoms with Crippen LogP contribution >= 0.6 is 11.8 Å². The summed E-state index contributed by atoms with van der Waals surface area (Å²) in [5.41, 5.74) is 3.40. The molecule has 8 nitrogen and oxygen atoms in total. The standard InChI is InChI=1S/C40H44O8S/c1-28-14-21-34(22-15-28)49-40-39(48-36(42)23-16-29(2)41)38(46-26-32-17-19-33(43-3)20-18-32)37(45-25-31-12-8-5-9-13-31)35(47-40)27-44-24-30-10-6-4-7-11-30/h4-15,17-22,35,37-40H,16,23-27H2,1-3H3/t35-,37+,38+,39-,40+/m1/s1. The zero-order valence-corrected chi connectivity index (χ0v) is 29.0. The van der Waals surface area contributed by atoms with Crippen LogP contribution in [0.4, 0.5) is 0 Å². The van der Waals surface area contributed by atoms with Crippen LogP contribution in [-0.4, -0.2) is 55.3 Å². The fraction of sp³-hybridized carbons (Fsp3) is 0.350. The maximum atomic E-state index is 13.3. The smallest absolute Gasteiger partial charge is 0.306 e. The minimum atomic E-state index is -0.866. The molecule has 1 fully saturated rings. The molecule has 0 aromatic heterocycles. The van der Waals surface area contributed by atoms with Crippen molar-refractivity contribution in [3.63, 3.8) is 0 Å². The van der Waals surface area contributed by atoms with Crippen molar-refractivity contribution in [1.29, 1.82) is 0 Å². The molecule has 258 valence electrons. The number of carbonyl (C=O) groups is 2. The Kier molecular flexibility index (Phi) is 13.8. The summed E-state index contributed by atoms with van der Waals surface area (Å²) < 4.78 is 37.9. The zero-order valence-electron chi connectivity index (χ0n) is 28.2. The van der Waals surface area contributed by atoms with Crippen molar-refractivity contribution in [3.8, 4) is 5.75 Å². The van der Waals surface area contributed by atoms with Gasteiger partial charge < -0.3 is 33.2 Å². The molecule has 5 atom stereocenters. The van der Waals surface area contributed by atoms with E-state index in [4.69, 9.17) is 28.4 Å². The van der Waals surface area contributed by atoms with Gasteiger partial charge in [-0.25, -0.2) is 0 Å². The fourth-order valence-electron chi connectivity index (χ4n) is 5.41. The predicted molar refractivity (Wildman–Crippen MR) is 188 cm³/mol. The monoisotopic (exact) mass is 684 g/mol. The van der Waals surface area contributed by atoms with Crippen LogP contribution < -0.4 is 4.74 Å². The highest BCUT2D eigenvalue weighted by atomic mass is 32.2. The first-order valence-electron chi connectivity index (χ1n) is 16.5. The number of rotatable bonds is 17. The van der Waals surface area contributed by atoms with Gasteiger partial charge in [0.1, 0.15) is 35.3 Å². The Morgan fingerprint density at radius 3 is 1.90 bits per heavy atom. The molecule has 5 rings (SSSR count). The summed E-state index contributed by atoms with van der Waals surface area (Å²) in [5, 5.41) is 0. The second-order valence-electron chi connectivity index (χ2n) is 12.0. The summed E-state index contributed by atoms with van der Waals surface area (Å²) in [6.45, 7) is 4.60. The van der Waals surface area contributed by atoms with E-state index in [9.17, 15) is 9.59 Å². The SMILES string of the molecule is COc1ccc(CO[C@H]2[C@@H](OCc3ccccc3)[C@@H](COCc3ccccc3)O[C@@H](Sc3ccc(C)cc3)[C@@H]2OC(=O)CCC(C)=O)cc1. The lowest BCUT2D eigenvalue weighted by Gasteiger charge is -2.45. The van der Waals surface area contributed by atoms with Crippen LogP contribution in [0.15, 0.2) is 114 Å². The first kappa shape index (κ1) is 36.3. The van der Waals surface area contributed by atoms with E-state index >= 15 is 0 Å². The van der Waals surface area contributed by atoms with Crippen molar-refractivity contribution in [2.24, 2.45) is 0 Å². The molecule has 0 aliphatic carbocycles. The number of ketones is 1. The van der Waals surface area contributed by atoms with Gasteiger partial charge in [0.05, 0.1) is 40.0 Å². The molecule has 9 heteroatoms. The van der Waals surface area contributed by atoms with Crippen LogP contribution in [-0.2, 0) is 53.1 Å². The van der Waals surface area contributed by atoms with E-state index in [0.717, 1.165) is 32.9 Å². The Bertz CT molecular complexity index is 1580. The van der Waals surface area contributed by atoms with Crippen molar-refractivity contribution >= 4 is 23.5 Å². The maximum absolute atomic E-state index is 13.3. The molecular weight excluding hydrogens is 640 g/mol. The summed E-state index contributed by atoms with van der Waals surface area (Å²) in [6, 6.07) is 35.5. The lowest BCUT2D eigenvalue weighted by Crippen LogP contribution is -2.60. The second kappa shape index (κ2) is 18.7. The minimum absolute atomic E-state index is 0.0435. The number of hydrogen-bond donors (Lipinski definition) is 0. The van der Waals surface area contributed by atoms with Crippen molar-refractivity contribution < 1.29 is 38.0 Å². The number of Topliss-reactive ketones (excluding diaryl/α,β-unsaturated/α-hetero) is 1. The molecule has 0 radical (unpaired) electrons. The quantitative estimate of drug-likeness (QED) is 0.105. The lowest BCUT2D eigenvalue weighted by atomic mass is 9.98. The molecule has 0 amide bonds. The van der Waals surface area contributed by atoms with Crippen molar-refractivity contribution in [2.75, 3.05) is 13.7 Å². The topological polar surface area (TPSA) is 89.5 Å². The largest absolute Gasteiger partial charge is 0.497 e. The van der Waals surface area contributed by atoms with Crippen LogP contribution in [0.3, 0.4) is 0 Å². The molecule has 4 aromatic rings. The van der Waals surface area contributed by atoms with Crippen molar-refractivity contribution in [3.05, 3.63) is 131 Å². The van der Waals surface area contributed by atoms with Gasteiger partial charge >= 0.3 is 5.97 Å². The molecule has 1 aliphatic heterocycles. The zero-order chi connectivity index (χ0) is 34.4. The summed E-state index contributed by atoms with van der Waals surface area (Å²) >= 11 is 1.45. The van der Waals surface area contributed by atoms with Crippen molar-refractivity contribution in [2.45, 2.75) is 81.3 Å².